The monoisotopic (exact) mass is 648 g/mol. The van der Waals surface area contributed by atoms with Crippen LogP contribution >= 0.6 is 0 Å². The molecule has 3 saturated heterocycles. The molecule has 5 aliphatic rings. The number of rotatable bonds is 3. The van der Waals surface area contributed by atoms with E-state index in [1.165, 1.54) is 18.5 Å². The number of amides is 1. The summed E-state index contributed by atoms with van der Waals surface area (Å²) in [7, 11) is 0. The van der Waals surface area contributed by atoms with Crippen molar-refractivity contribution in [3.63, 3.8) is 0 Å². The summed E-state index contributed by atoms with van der Waals surface area (Å²) in [6.45, 7) is 2.01. The highest BCUT2D eigenvalue weighted by atomic mass is 19.1. The van der Waals surface area contributed by atoms with Crippen molar-refractivity contribution < 1.29 is 28.1 Å². The van der Waals surface area contributed by atoms with Gasteiger partial charge >= 0.3 is 5.91 Å². The predicted octanol–water partition coefficient (Wildman–Crippen LogP) is 3.85. The van der Waals surface area contributed by atoms with Gasteiger partial charge in [-0.15, -0.1) is 0 Å². The summed E-state index contributed by atoms with van der Waals surface area (Å²) in [5.41, 5.74) is 5.36. The van der Waals surface area contributed by atoms with E-state index in [1.807, 2.05) is 30.4 Å². The van der Waals surface area contributed by atoms with Crippen molar-refractivity contribution in [2.45, 2.75) is 50.5 Å². The first-order valence-corrected chi connectivity index (χ1v) is 16.5. The molecule has 48 heavy (non-hydrogen) atoms. The van der Waals surface area contributed by atoms with Crippen molar-refractivity contribution >= 4 is 34.0 Å². The third-order valence-corrected chi connectivity index (χ3v) is 10.7. The van der Waals surface area contributed by atoms with Crippen LogP contribution in [0.1, 0.15) is 36.8 Å². The highest BCUT2D eigenvalue weighted by molar-refractivity contribution is 6.19. The van der Waals surface area contributed by atoms with Crippen molar-refractivity contribution in [3.8, 4) is 5.75 Å². The minimum Gasteiger partial charge on any atom is -0.488 e. The smallest absolute Gasteiger partial charge is 0.341 e. The number of halogens is 2. The van der Waals surface area contributed by atoms with Gasteiger partial charge in [0.15, 0.2) is 5.65 Å². The normalized spacial score (nSPS) is 27.9. The van der Waals surface area contributed by atoms with Crippen LogP contribution in [0.4, 0.5) is 14.6 Å². The van der Waals surface area contributed by atoms with Crippen molar-refractivity contribution in [2.24, 2.45) is 0 Å². The Bertz CT molecular complexity index is 2120. The second-order valence-electron chi connectivity index (χ2n) is 13.3. The second-order valence-corrected chi connectivity index (χ2v) is 13.3. The van der Waals surface area contributed by atoms with E-state index in [9.17, 15) is 13.6 Å². The molecule has 6 bridgehead atoms. The first-order chi connectivity index (χ1) is 23.4. The van der Waals surface area contributed by atoms with Crippen LogP contribution in [0.3, 0.4) is 0 Å². The number of carbonyl (C=O) groups excluding carboxylic acids is 1. The standard InChI is InChI=1S/C36H33F2N8O2/c37-23-10-9-22(28(38)15-23)18-45-35-27(17-42-45)34(40-20-41-35)44-19-25-16-31(44)36(47)46-12-3-8-30(43-32(46)11-13-46)33-26(6-2-7-29(33)39)21-4-1-5-24(14-21)48-25/h1-2,4-7,9-10,14-15,17,20,25,31-32,39,43H,3,8,11-13,16,18-19H2/q+1/p+1/b33-30-,39-29?/t25-,31-,32?,46?/m0/s1. The Labute approximate surface area is 275 Å². The van der Waals surface area contributed by atoms with Crippen molar-refractivity contribution in [1.29, 1.82) is 5.41 Å². The fraction of sp³-hybridized carbons (Fsp3) is 0.306. The molecule has 242 valence electrons. The molecule has 1 aliphatic carbocycles. The zero-order valence-electron chi connectivity index (χ0n) is 26.2. The molecular formula is C36H34F2N8O2+2. The van der Waals surface area contributed by atoms with Gasteiger partial charge in [-0.05, 0) is 35.4 Å². The van der Waals surface area contributed by atoms with E-state index in [-0.39, 0.29) is 30.3 Å². The summed E-state index contributed by atoms with van der Waals surface area (Å²) in [5.74, 6) is 0.158. The number of hydrogen-bond acceptors (Lipinski definition) is 7. The second kappa shape index (κ2) is 11.0. The van der Waals surface area contributed by atoms with Gasteiger partial charge in [0.1, 0.15) is 60.3 Å². The number of nitrogens with zero attached hydrogens (tertiary/aromatic N) is 6. The van der Waals surface area contributed by atoms with Gasteiger partial charge in [-0.3, -0.25) is 5.32 Å². The van der Waals surface area contributed by atoms with Gasteiger partial charge in [0.05, 0.1) is 42.5 Å². The van der Waals surface area contributed by atoms with Gasteiger partial charge in [0, 0.05) is 30.9 Å². The number of nitrogens with one attached hydrogen (secondary N) is 1. The lowest BCUT2D eigenvalue weighted by Gasteiger charge is -2.48. The maximum atomic E-state index is 15.0. The van der Waals surface area contributed by atoms with Crippen LogP contribution < -0.4 is 15.0 Å². The number of fused-ring (bicyclic) bond motifs is 8. The number of quaternary nitrogens is 2. The van der Waals surface area contributed by atoms with Crippen LogP contribution in [0.15, 0.2) is 84.5 Å². The number of nitrogens with two attached hydrogens (primary N) is 1. The summed E-state index contributed by atoms with van der Waals surface area (Å²) in [6, 6.07) is 11.0. The number of anilines is 1. The Kier molecular flexibility index (Phi) is 6.67. The molecule has 10 nitrogen and oxygen atoms in total. The maximum Gasteiger partial charge on any atom is 0.341 e. The average molecular weight is 649 g/mol. The van der Waals surface area contributed by atoms with Gasteiger partial charge in [0.2, 0.25) is 6.17 Å². The van der Waals surface area contributed by atoms with Crippen molar-refractivity contribution in [1.82, 2.24) is 19.7 Å². The third-order valence-electron chi connectivity index (χ3n) is 10.7. The largest absolute Gasteiger partial charge is 0.488 e. The number of hydrogen-bond donors (Lipinski definition) is 2. The molecule has 2 unspecified atom stereocenters. The Morgan fingerprint density at radius 3 is 2.90 bits per heavy atom. The first kappa shape index (κ1) is 29.1. The molecule has 3 N–H and O–H groups in total. The fourth-order valence-electron chi connectivity index (χ4n) is 8.31. The van der Waals surface area contributed by atoms with E-state index in [4.69, 9.17) is 15.1 Å². The number of allylic oxidation sites excluding steroid dienone is 6. The van der Waals surface area contributed by atoms with E-state index in [0.717, 1.165) is 60.8 Å². The van der Waals surface area contributed by atoms with Crippen molar-refractivity contribution in [3.05, 3.63) is 107 Å². The van der Waals surface area contributed by atoms with Crippen LogP contribution in [0.2, 0.25) is 0 Å². The molecule has 9 rings (SSSR count). The first-order valence-electron chi connectivity index (χ1n) is 16.5. The minimum atomic E-state index is -0.652. The highest BCUT2D eigenvalue weighted by Gasteiger charge is 2.60. The lowest BCUT2D eigenvalue weighted by Crippen LogP contribution is -2.99. The molecule has 2 aromatic heterocycles. The quantitative estimate of drug-likeness (QED) is 0.327. The third kappa shape index (κ3) is 4.54. The molecule has 0 radical (unpaired) electrons. The van der Waals surface area contributed by atoms with Crippen LogP contribution in [-0.2, 0) is 11.3 Å². The maximum absolute atomic E-state index is 15.0. The van der Waals surface area contributed by atoms with Gasteiger partial charge in [-0.1, -0.05) is 30.4 Å². The molecular weight excluding hydrogens is 614 g/mol. The van der Waals surface area contributed by atoms with E-state index in [2.05, 4.69) is 32.4 Å². The Balaban J connectivity index is 1.14. The van der Waals surface area contributed by atoms with Crippen LogP contribution in [0.25, 0.3) is 16.6 Å². The summed E-state index contributed by atoms with van der Waals surface area (Å²) in [6.07, 6.45) is 11.8. The van der Waals surface area contributed by atoms with Crippen LogP contribution in [-0.4, -0.2) is 73.8 Å². The average Bonchev–Trinajstić information content (AvgIpc) is 3.65. The van der Waals surface area contributed by atoms with Gasteiger partial charge in [-0.25, -0.2) is 32.7 Å². The number of carbonyl (C=O) groups is 1. The fourth-order valence-corrected chi connectivity index (χ4v) is 8.31. The van der Waals surface area contributed by atoms with Gasteiger partial charge < -0.3 is 15.0 Å². The molecule has 1 amide bonds. The van der Waals surface area contributed by atoms with E-state index >= 15 is 0 Å². The Hall–Kier alpha value is -5.07. The molecule has 4 aliphatic heterocycles. The molecule has 4 atom stereocenters. The number of benzene rings is 2. The van der Waals surface area contributed by atoms with Crippen LogP contribution in [0, 0.1) is 17.0 Å². The molecule has 0 saturated carbocycles. The van der Waals surface area contributed by atoms with E-state index in [1.54, 1.807) is 10.9 Å². The Morgan fingerprint density at radius 1 is 1.12 bits per heavy atom. The number of ether oxygens (including phenoxy) is 1. The lowest BCUT2D eigenvalue weighted by atomic mass is 9.88. The summed E-state index contributed by atoms with van der Waals surface area (Å²) in [4.78, 5) is 26.2. The molecule has 0 spiro atoms. The predicted molar refractivity (Wildman–Crippen MR) is 174 cm³/mol. The van der Waals surface area contributed by atoms with E-state index < -0.39 is 17.7 Å². The summed E-state index contributed by atoms with van der Waals surface area (Å²) in [5, 5.41) is 16.4. The minimum absolute atomic E-state index is 0.0392. The van der Waals surface area contributed by atoms with Crippen LogP contribution in [0.5, 0.6) is 5.75 Å². The van der Waals surface area contributed by atoms with Gasteiger partial charge in [0.25, 0.3) is 0 Å². The Morgan fingerprint density at radius 2 is 2.04 bits per heavy atom. The lowest BCUT2D eigenvalue weighted by molar-refractivity contribution is -1.03. The molecule has 6 heterocycles. The zero-order valence-corrected chi connectivity index (χ0v) is 26.2. The van der Waals surface area contributed by atoms with Gasteiger partial charge in [-0.2, -0.15) is 5.10 Å². The van der Waals surface area contributed by atoms with E-state index in [0.29, 0.717) is 45.8 Å². The number of aromatic nitrogens is 4. The molecule has 2 aromatic carbocycles. The zero-order chi connectivity index (χ0) is 32.6. The SMILES string of the molecule is N=C1C=CC=C2/C1=C1\CCC[N+]3(CCC3[NH2+]1)C(=O)[C@@H]1C[C@@H](CN1c1ncnc3c1cnn3Cc1ccc(F)cc1F)Oc1cccc2c1. The molecule has 3 fully saturated rings. The summed E-state index contributed by atoms with van der Waals surface area (Å²) >= 11 is 0. The van der Waals surface area contributed by atoms with Crippen molar-refractivity contribution in [2.75, 3.05) is 24.5 Å². The molecule has 12 heteroatoms. The topological polar surface area (TPSA) is 114 Å². The molecule has 4 aromatic rings. The summed E-state index contributed by atoms with van der Waals surface area (Å²) < 4.78 is 36.7. The highest BCUT2D eigenvalue weighted by Crippen LogP contribution is 2.39.